The van der Waals surface area contributed by atoms with Gasteiger partial charge in [-0.25, -0.2) is 24.5 Å². The average Bonchev–Trinajstić information content (AvgIpc) is 3.17. The number of benzene rings is 1. The molecular weight excluding hydrogens is 435 g/mol. The lowest BCUT2D eigenvalue weighted by Crippen LogP contribution is -2.40. The molecule has 0 radical (unpaired) electrons. The van der Waals surface area contributed by atoms with E-state index in [0.29, 0.717) is 17.9 Å². The molecule has 3 aromatic rings. The highest BCUT2D eigenvalue weighted by molar-refractivity contribution is 7.84. The number of aromatic nitrogens is 4. The third-order valence-corrected chi connectivity index (χ3v) is 4.87. The molecule has 0 amide bonds. The van der Waals surface area contributed by atoms with E-state index >= 15 is 0 Å². The van der Waals surface area contributed by atoms with Crippen molar-refractivity contribution < 1.29 is 31.9 Å². The SMILES string of the molecule is CO[C@H](COS(N)(=O)=O)[C@@H](O)[C@@H](O)n1cnc2c(NCc3ccc(F)cc3)ncnc21. The Hall–Kier alpha value is -2.75. The Balaban J connectivity index is 1.78. The molecule has 1 aromatic carbocycles. The summed E-state index contributed by atoms with van der Waals surface area (Å²) in [4.78, 5) is 12.4. The van der Waals surface area contributed by atoms with Gasteiger partial charge in [-0.3, -0.25) is 8.75 Å². The van der Waals surface area contributed by atoms with E-state index in [1.807, 2.05) is 0 Å². The predicted molar refractivity (Wildman–Crippen MR) is 106 cm³/mol. The highest BCUT2D eigenvalue weighted by atomic mass is 32.2. The lowest BCUT2D eigenvalue weighted by molar-refractivity contribution is -0.112. The van der Waals surface area contributed by atoms with Crippen LogP contribution in [0.2, 0.25) is 0 Å². The molecule has 0 spiro atoms. The number of hydrogen-bond donors (Lipinski definition) is 4. The Morgan fingerprint density at radius 3 is 2.58 bits per heavy atom. The molecule has 0 unspecified atom stereocenters. The van der Waals surface area contributed by atoms with Gasteiger partial charge in [0, 0.05) is 13.7 Å². The molecule has 12 nitrogen and oxygen atoms in total. The molecule has 0 saturated carbocycles. The van der Waals surface area contributed by atoms with Crippen LogP contribution in [0.3, 0.4) is 0 Å². The van der Waals surface area contributed by atoms with Crippen molar-refractivity contribution in [3.63, 3.8) is 0 Å². The standard InChI is InChI=1S/C17H21FN6O6S/c1-29-12(7-30-31(19,27)28)14(25)17(26)24-9-23-13-15(21-8-22-16(13)24)20-6-10-2-4-11(18)5-3-10/h2-5,8-9,12,14,17,25-26H,6-7H2,1H3,(H2,19,27,28)(H,20,21,22)/t12-,14-,17-/m1/s1. The van der Waals surface area contributed by atoms with Gasteiger partial charge in [0.1, 0.15) is 24.4 Å². The van der Waals surface area contributed by atoms with Gasteiger partial charge in [-0.05, 0) is 17.7 Å². The van der Waals surface area contributed by atoms with Crippen molar-refractivity contribution in [2.24, 2.45) is 5.14 Å². The molecule has 14 heteroatoms. The van der Waals surface area contributed by atoms with E-state index in [9.17, 15) is 23.0 Å². The fraction of sp³-hybridized carbons (Fsp3) is 0.353. The van der Waals surface area contributed by atoms with Crippen LogP contribution in [0, 0.1) is 5.82 Å². The van der Waals surface area contributed by atoms with E-state index in [1.165, 1.54) is 36.5 Å². The summed E-state index contributed by atoms with van der Waals surface area (Å²) in [5.41, 5.74) is 1.32. The van der Waals surface area contributed by atoms with Crippen LogP contribution in [-0.2, 0) is 25.8 Å². The summed E-state index contributed by atoms with van der Waals surface area (Å²) in [5.74, 6) is 0.0129. The smallest absolute Gasteiger partial charge is 0.333 e. The lowest BCUT2D eigenvalue weighted by atomic mass is 10.2. The second kappa shape index (κ2) is 9.59. The number of hydrogen-bond acceptors (Lipinski definition) is 10. The van der Waals surface area contributed by atoms with Crippen molar-refractivity contribution in [3.8, 4) is 0 Å². The largest absolute Gasteiger partial charge is 0.386 e. The van der Waals surface area contributed by atoms with Gasteiger partial charge >= 0.3 is 10.3 Å². The molecule has 2 aromatic heterocycles. The molecule has 0 aliphatic carbocycles. The van der Waals surface area contributed by atoms with Gasteiger partial charge in [-0.15, -0.1) is 0 Å². The van der Waals surface area contributed by atoms with Crippen molar-refractivity contribution in [1.82, 2.24) is 19.5 Å². The minimum absolute atomic E-state index is 0.199. The minimum atomic E-state index is -4.26. The topological polar surface area (TPSA) is 175 Å². The summed E-state index contributed by atoms with van der Waals surface area (Å²) < 4.78 is 45.6. The van der Waals surface area contributed by atoms with Crippen molar-refractivity contribution in [3.05, 3.63) is 48.3 Å². The molecule has 31 heavy (non-hydrogen) atoms. The van der Waals surface area contributed by atoms with Gasteiger partial charge in [0.2, 0.25) is 0 Å². The fourth-order valence-electron chi connectivity index (χ4n) is 2.79. The van der Waals surface area contributed by atoms with E-state index in [-0.39, 0.29) is 11.5 Å². The summed E-state index contributed by atoms with van der Waals surface area (Å²) in [7, 11) is -3.05. The summed E-state index contributed by atoms with van der Waals surface area (Å²) in [6.45, 7) is -0.277. The molecular formula is C17H21FN6O6S. The summed E-state index contributed by atoms with van der Waals surface area (Å²) in [5, 5.41) is 28.8. The number of halogens is 1. The number of methoxy groups -OCH3 is 1. The summed E-state index contributed by atoms with van der Waals surface area (Å²) >= 11 is 0. The van der Waals surface area contributed by atoms with Gasteiger partial charge in [0.25, 0.3) is 0 Å². The van der Waals surface area contributed by atoms with E-state index < -0.39 is 35.3 Å². The zero-order chi connectivity index (χ0) is 22.6. The highest BCUT2D eigenvalue weighted by Gasteiger charge is 2.30. The zero-order valence-corrected chi connectivity index (χ0v) is 17.1. The molecule has 0 aliphatic heterocycles. The molecule has 0 bridgehead atoms. The van der Waals surface area contributed by atoms with Gasteiger partial charge in [0.05, 0.1) is 12.9 Å². The number of fused-ring (bicyclic) bond motifs is 1. The van der Waals surface area contributed by atoms with Crippen LogP contribution in [0.15, 0.2) is 36.9 Å². The molecule has 3 rings (SSSR count). The molecule has 5 N–H and O–H groups in total. The van der Waals surface area contributed by atoms with Gasteiger partial charge in [-0.1, -0.05) is 12.1 Å². The first kappa shape index (κ1) is 22.9. The maximum absolute atomic E-state index is 13.0. The number of ether oxygens (including phenoxy) is 1. The second-order valence-electron chi connectivity index (χ2n) is 6.48. The predicted octanol–water partition coefficient (Wildman–Crippen LogP) is -0.336. The number of aliphatic hydroxyl groups is 2. The summed E-state index contributed by atoms with van der Waals surface area (Å²) in [6, 6.07) is 5.91. The maximum Gasteiger partial charge on any atom is 0.333 e. The first-order valence-electron chi connectivity index (χ1n) is 8.91. The van der Waals surface area contributed by atoms with Crippen LogP contribution in [0.5, 0.6) is 0 Å². The van der Waals surface area contributed by atoms with Crippen LogP contribution in [0.4, 0.5) is 10.2 Å². The number of nitrogens with one attached hydrogen (secondary N) is 1. The number of nitrogens with zero attached hydrogens (tertiary/aromatic N) is 4. The molecule has 0 aliphatic rings. The van der Waals surface area contributed by atoms with E-state index in [1.54, 1.807) is 12.1 Å². The van der Waals surface area contributed by atoms with Crippen molar-refractivity contribution in [2.45, 2.75) is 25.0 Å². The quantitative estimate of drug-likeness (QED) is 0.316. The van der Waals surface area contributed by atoms with Crippen LogP contribution >= 0.6 is 0 Å². The van der Waals surface area contributed by atoms with E-state index in [4.69, 9.17) is 9.88 Å². The van der Waals surface area contributed by atoms with Crippen LogP contribution in [-0.4, -0.2) is 64.1 Å². The van der Waals surface area contributed by atoms with E-state index in [0.717, 1.165) is 5.56 Å². The monoisotopic (exact) mass is 456 g/mol. The molecule has 3 atom stereocenters. The Bertz CT molecular complexity index is 1130. The fourth-order valence-corrected chi connectivity index (χ4v) is 3.11. The van der Waals surface area contributed by atoms with Gasteiger partial charge < -0.3 is 20.3 Å². The number of rotatable bonds is 10. The maximum atomic E-state index is 13.0. The van der Waals surface area contributed by atoms with Crippen LogP contribution in [0.1, 0.15) is 11.8 Å². The molecule has 0 fully saturated rings. The number of nitrogens with two attached hydrogens (primary N) is 1. The normalized spacial score (nSPS) is 15.0. The molecule has 0 saturated heterocycles. The summed E-state index contributed by atoms with van der Waals surface area (Å²) in [6.07, 6.45) is -1.94. The molecule has 2 heterocycles. The first-order valence-corrected chi connectivity index (χ1v) is 10.4. The Kier molecular flexibility index (Phi) is 7.09. The first-order chi connectivity index (χ1) is 14.7. The Labute approximate surface area is 176 Å². The van der Waals surface area contributed by atoms with Crippen molar-refractivity contribution in [2.75, 3.05) is 19.0 Å². The third-order valence-electron chi connectivity index (χ3n) is 4.40. The average molecular weight is 456 g/mol. The van der Waals surface area contributed by atoms with Crippen LogP contribution < -0.4 is 10.5 Å². The Morgan fingerprint density at radius 1 is 1.23 bits per heavy atom. The number of imidazole rings is 1. The minimum Gasteiger partial charge on any atom is -0.386 e. The lowest BCUT2D eigenvalue weighted by Gasteiger charge is -2.25. The number of anilines is 1. The number of aliphatic hydroxyl groups excluding tert-OH is 2. The Morgan fingerprint density at radius 2 is 1.94 bits per heavy atom. The van der Waals surface area contributed by atoms with Crippen molar-refractivity contribution >= 4 is 27.3 Å². The van der Waals surface area contributed by atoms with Gasteiger partial charge in [-0.2, -0.15) is 8.42 Å². The second-order valence-corrected chi connectivity index (χ2v) is 7.70. The molecule has 168 valence electrons. The zero-order valence-electron chi connectivity index (χ0n) is 16.3. The van der Waals surface area contributed by atoms with Crippen LogP contribution in [0.25, 0.3) is 11.2 Å². The highest BCUT2D eigenvalue weighted by Crippen LogP contribution is 2.23. The van der Waals surface area contributed by atoms with Crippen molar-refractivity contribution in [1.29, 1.82) is 0 Å². The van der Waals surface area contributed by atoms with E-state index in [2.05, 4.69) is 24.5 Å². The third kappa shape index (κ3) is 5.69. The van der Waals surface area contributed by atoms with Gasteiger partial charge in [0.15, 0.2) is 23.2 Å².